The van der Waals surface area contributed by atoms with E-state index in [1.807, 2.05) is 48.6 Å². The molecule has 0 amide bonds. The van der Waals surface area contributed by atoms with Crippen LogP contribution < -0.4 is 18.9 Å². The third-order valence-electron chi connectivity index (χ3n) is 4.51. The number of hydrogen-bond acceptors (Lipinski definition) is 5. The van der Waals surface area contributed by atoms with Gasteiger partial charge in [0.15, 0.2) is 11.5 Å². The van der Waals surface area contributed by atoms with Gasteiger partial charge in [0.2, 0.25) is 5.75 Å². The standard InChI is InChI=1S/C24H22F3NO3S/c1-29-21-14-17(15-22(30-2)23(21)31-3)8-7-16-5-4-6-19(13-16)28-32-20-11-9-18(10-12-20)24(25,26)27/h4-15,28H,1-3H3/b8-7-. The van der Waals surface area contributed by atoms with Crippen LogP contribution in [-0.2, 0) is 6.18 Å². The van der Waals surface area contributed by atoms with E-state index in [1.165, 1.54) is 24.1 Å². The molecule has 0 bridgehead atoms. The number of halogens is 3. The molecule has 0 saturated carbocycles. The van der Waals surface area contributed by atoms with Crippen molar-refractivity contribution in [2.75, 3.05) is 26.1 Å². The smallest absolute Gasteiger partial charge is 0.416 e. The van der Waals surface area contributed by atoms with E-state index in [1.54, 1.807) is 21.3 Å². The van der Waals surface area contributed by atoms with Gasteiger partial charge in [0.1, 0.15) is 0 Å². The second-order valence-corrected chi connectivity index (χ2v) is 7.52. The molecule has 0 aromatic heterocycles. The molecule has 1 N–H and O–H groups in total. The maximum atomic E-state index is 12.7. The van der Waals surface area contributed by atoms with E-state index in [0.717, 1.165) is 28.9 Å². The molecule has 32 heavy (non-hydrogen) atoms. The lowest BCUT2D eigenvalue weighted by molar-refractivity contribution is -0.137. The van der Waals surface area contributed by atoms with E-state index in [2.05, 4.69) is 4.72 Å². The summed E-state index contributed by atoms with van der Waals surface area (Å²) < 4.78 is 57.3. The number of anilines is 1. The van der Waals surface area contributed by atoms with Crippen LogP contribution in [0.3, 0.4) is 0 Å². The average Bonchev–Trinajstić information content (AvgIpc) is 2.80. The highest BCUT2D eigenvalue weighted by Crippen LogP contribution is 2.38. The van der Waals surface area contributed by atoms with Crippen LogP contribution in [-0.4, -0.2) is 21.3 Å². The minimum atomic E-state index is -4.34. The van der Waals surface area contributed by atoms with Crippen molar-refractivity contribution in [2.24, 2.45) is 0 Å². The molecule has 0 fully saturated rings. The summed E-state index contributed by atoms with van der Waals surface area (Å²) in [6.45, 7) is 0. The lowest BCUT2D eigenvalue weighted by Gasteiger charge is -2.12. The van der Waals surface area contributed by atoms with Gasteiger partial charge in [-0.2, -0.15) is 13.2 Å². The van der Waals surface area contributed by atoms with Crippen LogP contribution in [0.25, 0.3) is 12.2 Å². The number of ether oxygens (including phenoxy) is 3. The van der Waals surface area contributed by atoms with Crippen molar-refractivity contribution in [1.82, 2.24) is 0 Å². The van der Waals surface area contributed by atoms with Crippen LogP contribution in [0.2, 0.25) is 0 Å². The molecular formula is C24H22F3NO3S. The number of methoxy groups -OCH3 is 3. The molecule has 8 heteroatoms. The van der Waals surface area contributed by atoms with Gasteiger partial charge in [-0.15, -0.1) is 0 Å². The fourth-order valence-corrected chi connectivity index (χ4v) is 3.56. The van der Waals surface area contributed by atoms with Crippen LogP contribution >= 0.6 is 11.9 Å². The predicted molar refractivity (Wildman–Crippen MR) is 122 cm³/mol. The number of rotatable bonds is 8. The fourth-order valence-electron chi connectivity index (χ4n) is 2.93. The van der Waals surface area contributed by atoms with Gasteiger partial charge >= 0.3 is 6.18 Å². The van der Waals surface area contributed by atoms with Crippen LogP contribution in [0.1, 0.15) is 16.7 Å². The molecule has 3 aromatic rings. The van der Waals surface area contributed by atoms with E-state index in [-0.39, 0.29) is 0 Å². The summed E-state index contributed by atoms with van der Waals surface area (Å²) >= 11 is 1.24. The minimum Gasteiger partial charge on any atom is -0.493 e. The summed E-state index contributed by atoms with van der Waals surface area (Å²) in [4.78, 5) is 0.677. The third kappa shape index (κ3) is 5.91. The normalized spacial score (nSPS) is 11.4. The Morgan fingerprint density at radius 3 is 1.97 bits per heavy atom. The highest BCUT2D eigenvalue weighted by molar-refractivity contribution is 8.00. The van der Waals surface area contributed by atoms with Gasteiger partial charge < -0.3 is 18.9 Å². The van der Waals surface area contributed by atoms with E-state index in [0.29, 0.717) is 22.1 Å². The van der Waals surface area contributed by atoms with E-state index < -0.39 is 11.7 Å². The first kappa shape index (κ1) is 23.4. The fraction of sp³-hybridized carbons (Fsp3) is 0.167. The van der Waals surface area contributed by atoms with Gasteiger partial charge in [0, 0.05) is 10.6 Å². The van der Waals surface area contributed by atoms with E-state index >= 15 is 0 Å². The van der Waals surface area contributed by atoms with Crippen LogP contribution in [0.4, 0.5) is 18.9 Å². The molecule has 0 aliphatic carbocycles. The van der Waals surface area contributed by atoms with Gasteiger partial charge in [-0.25, -0.2) is 0 Å². The average molecular weight is 462 g/mol. The minimum absolute atomic E-state index is 0.527. The van der Waals surface area contributed by atoms with Crippen LogP contribution in [0.5, 0.6) is 17.2 Å². The van der Waals surface area contributed by atoms with E-state index in [9.17, 15) is 13.2 Å². The van der Waals surface area contributed by atoms with Crippen molar-refractivity contribution in [3.63, 3.8) is 0 Å². The molecule has 0 atom stereocenters. The highest BCUT2D eigenvalue weighted by atomic mass is 32.2. The Kier molecular flexibility index (Phi) is 7.58. The Balaban J connectivity index is 1.70. The van der Waals surface area contributed by atoms with Gasteiger partial charge in [0.25, 0.3) is 0 Å². The number of nitrogens with one attached hydrogen (secondary N) is 1. The highest BCUT2D eigenvalue weighted by Gasteiger charge is 2.29. The number of alkyl halides is 3. The first-order valence-electron chi connectivity index (χ1n) is 9.52. The maximum absolute atomic E-state index is 12.7. The van der Waals surface area contributed by atoms with Crippen molar-refractivity contribution in [3.05, 3.63) is 77.4 Å². The second kappa shape index (κ2) is 10.4. The van der Waals surface area contributed by atoms with Gasteiger partial charge in [0.05, 0.1) is 26.9 Å². The van der Waals surface area contributed by atoms with Crippen LogP contribution in [0.15, 0.2) is 65.6 Å². The largest absolute Gasteiger partial charge is 0.493 e. The maximum Gasteiger partial charge on any atom is 0.416 e. The van der Waals surface area contributed by atoms with Crippen molar-refractivity contribution >= 4 is 29.8 Å². The molecule has 4 nitrogen and oxygen atoms in total. The molecule has 3 rings (SSSR count). The second-order valence-electron chi connectivity index (χ2n) is 6.64. The molecule has 0 aliphatic heterocycles. The Labute approximate surface area is 189 Å². The predicted octanol–water partition coefficient (Wildman–Crippen LogP) is 7.02. The zero-order valence-corrected chi connectivity index (χ0v) is 18.5. The Morgan fingerprint density at radius 1 is 0.781 bits per heavy atom. The Bertz CT molecular complexity index is 1060. The quantitative estimate of drug-likeness (QED) is 0.288. The van der Waals surface area contributed by atoms with Crippen molar-refractivity contribution in [1.29, 1.82) is 0 Å². The summed E-state index contributed by atoms with van der Waals surface area (Å²) in [6, 6.07) is 16.4. The molecule has 0 saturated heterocycles. The van der Waals surface area contributed by atoms with Gasteiger partial charge in [-0.05, 0) is 71.6 Å². The molecule has 0 heterocycles. The van der Waals surface area contributed by atoms with Crippen LogP contribution in [0, 0.1) is 0 Å². The van der Waals surface area contributed by atoms with Crippen molar-refractivity contribution in [3.8, 4) is 17.2 Å². The molecule has 0 spiro atoms. The summed E-state index contributed by atoms with van der Waals surface area (Å²) in [5.41, 5.74) is 1.97. The number of benzene rings is 3. The zero-order valence-electron chi connectivity index (χ0n) is 17.7. The Morgan fingerprint density at radius 2 is 1.41 bits per heavy atom. The molecule has 0 aliphatic rings. The molecular weight excluding hydrogens is 439 g/mol. The zero-order chi connectivity index (χ0) is 23.1. The Hall–Kier alpha value is -3.26. The molecule has 168 valence electrons. The third-order valence-corrected chi connectivity index (χ3v) is 5.36. The van der Waals surface area contributed by atoms with Crippen molar-refractivity contribution in [2.45, 2.75) is 11.1 Å². The lowest BCUT2D eigenvalue weighted by atomic mass is 10.1. The first-order valence-corrected chi connectivity index (χ1v) is 10.3. The lowest BCUT2D eigenvalue weighted by Crippen LogP contribution is -2.04. The summed E-state index contributed by atoms with van der Waals surface area (Å²) in [5.74, 6) is 1.66. The monoisotopic (exact) mass is 461 g/mol. The van der Waals surface area contributed by atoms with Crippen molar-refractivity contribution < 1.29 is 27.4 Å². The summed E-state index contributed by atoms with van der Waals surface area (Å²) in [7, 11) is 4.68. The molecule has 0 radical (unpaired) electrons. The molecule has 3 aromatic carbocycles. The molecule has 0 unspecified atom stereocenters. The SMILES string of the molecule is COc1cc(/C=C\c2cccc(NSc3ccc(C(F)(F)F)cc3)c2)cc(OC)c1OC. The topological polar surface area (TPSA) is 39.7 Å². The summed E-state index contributed by atoms with van der Waals surface area (Å²) in [6.07, 6.45) is -0.476. The first-order chi connectivity index (χ1) is 15.3. The summed E-state index contributed by atoms with van der Waals surface area (Å²) in [5, 5.41) is 0. The number of hydrogen-bond donors (Lipinski definition) is 1. The van der Waals surface area contributed by atoms with Gasteiger partial charge in [-0.1, -0.05) is 24.3 Å². The van der Waals surface area contributed by atoms with Gasteiger partial charge in [-0.3, -0.25) is 0 Å². The van der Waals surface area contributed by atoms with E-state index in [4.69, 9.17) is 14.2 Å².